The van der Waals surface area contributed by atoms with E-state index in [4.69, 9.17) is 23.7 Å². The van der Waals surface area contributed by atoms with Crippen LogP contribution in [0.5, 0.6) is 0 Å². The van der Waals surface area contributed by atoms with Gasteiger partial charge in [0.2, 0.25) is 0 Å². The molecule has 0 saturated carbocycles. The van der Waals surface area contributed by atoms with Crippen LogP contribution in [0.25, 0.3) is 0 Å². The minimum absolute atomic E-state index is 0.741. The molecule has 3 fully saturated rings. The Kier molecular flexibility index (Phi) is 9.54. The molecule has 3 heterocycles. The minimum Gasteiger partial charge on any atom is -0.394 e. The van der Waals surface area contributed by atoms with Crippen molar-refractivity contribution in [2.45, 2.75) is 92.1 Å². The second kappa shape index (κ2) is 11.6. The molecule has 3 aliphatic heterocycles. The Labute approximate surface area is 192 Å². The average Bonchev–Trinajstić information content (AvgIpc) is 2.83. The zero-order valence-corrected chi connectivity index (χ0v) is 17.7. The summed E-state index contributed by atoms with van der Waals surface area (Å²) in [6, 6.07) is 0. The molecule has 6 unspecified atom stereocenters. The summed E-state index contributed by atoms with van der Waals surface area (Å²) in [4.78, 5) is 0. The molecule has 0 aromatic heterocycles. The van der Waals surface area contributed by atoms with Gasteiger partial charge in [0.15, 0.2) is 18.9 Å². The fourth-order valence-corrected chi connectivity index (χ4v) is 4.06. The molecule has 3 aliphatic rings. The summed E-state index contributed by atoms with van der Waals surface area (Å²) in [5.41, 5.74) is 0. The van der Waals surface area contributed by atoms with Gasteiger partial charge >= 0.3 is 0 Å². The molecule has 0 aliphatic carbocycles. The van der Waals surface area contributed by atoms with Crippen LogP contribution in [-0.2, 0) is 23.7 Å². The summed E-state index contributed by atoms with van der Waals surface area (Å²) < 4.78 is 26.4. The van der Waals surface area contributed by atoms with E-state index in [0.717, 1.165) is 0 Å². The topological polar surface area (TPSA) is 269 Å². The molecule has 16 heteroatoms. The highest BCUT2D eigenvalue weighted by Gasteiger charge is 2.53. The molecule has 0 bridgehead atoms. The number of hydrogen-bond acceptors (Lipinski definition) is 16. The van der Waals surface area contributed by atoms with Crippen LogP contribution in [0.15, 0.2) is 0 Å². The van der Waals surface area contributed by atoms with Crippen LogP contribution in [0.1, 0.15) is 0 Å². The van der Waals surface area contributed by atoms with E-state index in [-0.39, 0.29) is 0 Å². The Morgan fingerprint density at radius 3 is 1.35 bits per heavy atom. The lowest BCUT2D eigenvalue weighted by Gasteiger charge is -2.47. The van der Waals surface area contributed by atoms with Crippen molar-refractivity contribution < 1.29 is 79.9 Å². The molecule has 11 N–H and O–H groups in total. The van der Waals surface area contributed by atoms with E-state index in [1.165, 1.54) is 0 Å². The van der Waals surface area contributed by atoms with E-state index in [2.05, 4.69) is 0 Å². The quantitative estimate of drug-likeness (QED) is 0.154. The number of hydrogen-bond donors (Lipinski definition) is 11. The number of rotatable bonds is 7. The molecule has 200 valence electrons. The molecule has 0 aromatic carbocycles. The monoisotopic (exact) mass is 504 g/mol. The highest BCUT2D eigenvalue weighted by atomic mass is 16.8. The zero-order valence-electron chi connectivity index (χ0n) is 17.7. The molecule has 34 heavy (non-hydrogen) atoms. The van der Waals surface area contributed by atoms with E-state index in [0.29, 0.717) is 0 Å². The van der Waals surface area contributed by atoms with Crippen LogP contribution >= 0.6 is 0 Å². The van der Waals surface area contributed by atoms with Crippen LogP contribution in [0.3, 0.4) is 0 Å². The van der Waals surface area contributed by atoms with Gasteiger partial charge in [-0.3, -0.25) is 0 Å². The third-order valence-corrected chi connectivity index (χ3v) is 6.09. The molecule has 0 spiro atoms. The first-order valence-corrected chi connectivity index (χ1v) is 10.6. The predicted molar refractivity (Wildman–Crippen MR) is 101 cm³/mol. The van der Waals surface area contributed by atoms with Gasteiger partial charge in [0, 0.05) is 0 Å². The Bertz CT molecular complexity index is 635. The zero-order chi connectivity index (χ0) is 25.3. The van der Waals surface area contributed by atoms with Gasteiger partial charge in [0.05, 0.1) is 19.8 Å². The largest absolute Gasteiger partial charge is 0.394 e. The Balaban J connectivity index is 1.72. The minimum atomic E-state index is -1.91. The summed E-state index contributed by atoms with van der Waals surface area (Å²) in [6.45, 7) is -2.32. The first-order chi connectivity index (χ1) is 16.0. The molecule has 0 amide bonds. The normalized spacial score (nSPS) is 52.5. The molecule has 3 rings (SSSR count). The maximum atomic E-state index is 10.6. The lowest BCUT2D eigenvalue weighted by molar-refractivity contribution is -0.377. The molecular formula is C18H32O16. The predicted octanol–water partition coefficient (Wildman–Crippen LogP) is -7.57. The van der Waals surface area contributed by atoms with Crippen molar-refractivity contribution in [2.24, 2.45) is 0 Å². The summed E-state index contributed by atoms with van der Waals surface area (Å²) in [5.74, 6) is 0. The van der Waals surface area contributed by atoms with Crippen molar-refractivity contribution in [2.75, 3.05) is 19.8 Å². The SMILES string of the molecule is OCC1O[C@H](O[C@H]2C(CO)O[C@@H](O)C(O)[C@H]2O)C(O)[C@@H](O)[C@@H]1O[C@@H]1OC(CO)[C@H](O)[C@H](O)C1O. The fourth-order valence-electron chi connectivity index (χ4n) is 4.06. The maximum Gasteiger partial charge on any atom is 0.187 e. The van der Waals surface area contributed by atoms with Gasteiger partial charge in [-0.2, -0.15) is 0 Å². The van der Waals surface area contributed by atoms with Crippen molar-refractivity contribution >= 4 is 0 Å². The first-order valence-electron chi connectivity index (χ1n) is 10.6. The van der Waals surface area contributed by atoms with E-state index in [1.54, 1.807) is 0 Å². The van der Waals surface area contributed by atoms with Gasteiger partial charge in [-0.1, -0.05) is 0 Å². The number of aliphatic hydroxyl groups is 11. The molecule has 15 atom stereocenters. The van der Waals surface area contributed by atoms with Crippen LogP contribution < -0.4 is 0 Å². The second-order valence-corrected chi connectivity index (χ2v) is 8.33. The van der Waals surface area contributed by atoms with Crippen LogP contribution in [0.2, 0.25) is 0 Å². The fraction of sp³-hybridized carbons (Fsp3) is 1.00. The smallest absolute Gasteiger partial charge is 0.187 e. The highest BCUT2D eigenvalue weighted by molar-refractivity contribution is 4.96. The first kappa shape index (κ1) is 27.9. The third kappa shape index (κ3) is 5.37. The summed E-state index contributed by atoms with van der Waals surface area (Å²) >= 11 is 0. The van der Waals surface area contributed by atoms with Gasteiger partial charge in [0.1, 0.15) is 73.2 Å². The summed E-state index contributed by atoms with van der Waals surface area (Å²) in [6.07, 6.45) is -25.1. The van der Waals surface area contributed by atoms with Gasteiger partial charge in [-0.25, -0.2) is 0 Å². The second-order valence-electron chi connectivity index (χ2n) is 8.33. The lowest BCUT2D eigenvalue weighted by Crippen LogP contribution is -2.66. The van der Waals surface area contributed by atoms with E-state index < -0.39 is 112 Å². The van der Waals surface area contributed by atoms with Crippen molar-refractivity contribution in [1.29, 1.82) is 0 Å². The van der Waals surface area contributed by atoms with Gasteiger partial charge in [0.25, 0.3) is 0 Å². The molecule has 16 nitrogen and oxygen atoms in total. The van der Waals surface area contributed by atoms with Crippen molar-refractivity contribution in [3.8, 4) is 0 Å². The summed E-state index contributed by atoms with van der Waals surface area (Å²) in [5, 5.41) is 109. The van der Waals surface area contributed by atoms with E-state index in [1.807, 2.05) is 0 Å². The van der Waals surface area contributed by atoms with Crippen molar-refractivity contribution in [1.82, 2.24) is 0 Å². The van der Waals surface area contributed by atoms with E-state index >= 15 is 0 Å². The van der Waals surface area contributed by atoms with Gasteiger partial charge in [-0.15, -0.1) is 0 Å². The van der Waals surface area contributed by atoms with Crippen molar-refractivity contribution in [3.63, 3.8) is 0 Å². The van der Waals surface area contributed by atoms with Gasteiger partial charge < -0.3 is 79.9 Å². The molecule has 0 aromatic rings. The Hall–Kier alpha value is -0.640. The molecule has 3 saturated heterocycles. The van der Waals surface area contributed by atoms with Gasteiger partial charge in [-0.05, 0) is 0 Å². The maximum absolute atomic E-state index is 10.6. The molecular weight excluding hydrogens is 472 g/mol. The molecule has 0 radical (unpaired) electrons. The standard InChI is InChI=1S/C18H32O16/c19-1-4-7(22)8(23)12(27)17(31-4)34-15-6(3-21)32-18(13(28)10(15)25)33-14-5(2-20)30-16(29)11(26)9(14)24/h4-29H,1-3H2/t4?,5?,6?,7-,8-,9+,10+,11?,12?,13?,14-,15+,16+,17-,18+/m0/s1. The Morgan fingerprint density at radius 2 is 0.853 bits per heavy atom. The van der Waals surface area contributed by atoms with Crippen molar-refractivity contribution in [3.05, 3.63) is 0 Å². The highest BCUT2D eigenvalue weighted by Crippen LogP contribution is 2.32. The van der Waals surface area contributed by atoms with Crippen LogP contribution in [0.4, 0.5) is 0 Å². The van der Waals surface area contributed by atoms with E-state index in [9.17, 15) is 56.2 Å². The average molecular weight is 504 g/mol. The third-order valence-electron chi connectivity index (χ3n) is 6.09. The Morgan fingerprint density at radius 1 is 0.441 bits per heavy atom. The summed E-state index contributed by atoms with van der Waals surface area (Å²) in [7, 11) is 0. The number of ether oxygens (including phenoxy) is 5. The van der Waals surface area contributed by atoms with Crippen LogP contribution in [-0.4, -0.2) is 168 Å². The van der Waals surface area contributed by atoms with Crippen LogP contribution in [0, 0.1) is 0 Å². The lowest BCUT2D eigenvalue weighted by atomic mass is 9.96. The number of aliphatic hydroxyl groups excluding tert-OH is 11.